The molecule has 136 valence electrons. The van der Waals surface area contributed by atoms with Crippen LogP contribution in [0.5, 0.6) is 0 Å². The SMILES string of the molecule is CC(Nc1nc2sc3c(c2c(=O)n1C(C)C)CCCC3)c1ccccc1. The third-order valence-electron chi connectivity index (χ3n) is 5.18. The van der Waals surface area contributed by atoms with Crippen molar-refractivity contribution in [1.29, 1.82) is 0 Å². The van der Waals surface area contributed by atoms with E-state index in [0.29, 0.717) is 5.95 Å². The Balaban J connectivity index is 1.83. The van der Waals surface area contributed by atoms with Crippen molar-refractivity contribution in [2.75, 3.05) is 5.32 Å². The number of hydrogen-bond acceptors (Lipinski definition) is 4. The molecule has 1 atom stereocenters. The summed E-state index contributed by atoms with van der Waals surface area (Å²) in [6, 6.07) is 10.4. The van der Waals surface area contributed by atoms with E-state index in [-0.39, 0.29) is 17.6 Å². The van der Waals surface area contributed by atoms with Gasteiger partial charge in [-0.2, -0.15) is 0 Å². The summed E-state index contributed by atoms with van der Waals surface area (Å²) < 4.78 is 1.82. The number of benzene rings is 1. The van der Waals surface area contributed by atoms with Crippen molar-refractivity contribution in [1.82, 2.24) is 9.55 Å². The van der Waals surface area contributed by atoms with E-state index in [9.17, 15) is 4.79 Å². The monoisotopic (exact) mass is 367 g/mol. The minimum Gasteiger partial charge on any atom is -0.349 e. The van der Waals surface area contributed by atoms with Gasteiger partial charge in [-0.25, -0.2) is 4.98 Å². The van der Waals surface area contributed by atoms with Gasteiger partial charge in [-0.3, -0.25) is 9.36 Å². The first-order valence-electron chi connectivity index (χ1n) is 9.44. The fourth-order valence-electron chi connectivity index (χ4n) is 3.82. The smallest absolute Gasteiger partial charge is 0.264 e. The van der Waals surface area contributed by atoms with Crippen molar-refractivity contribution in [2.24, 2.45) is 0 Å². The van der Waals surface area contributed by atoms with Crippen LogP contribution in [0, 0.1) is 0 Å². The molecule has 2 heterocycles. The van der Waals surface area contributed by atoms with Crippen LogP contribution in [0.25, 0.3) is 10.2 Å². The molecule has 0 amide bonds. The normalized spacial score (nSPS) is 15.2. The summed E-state index contributed by atoms with van der Waals surface area (Å²) >= 11 is 1.71. The fraction of sp³-hybridized carbons (Fsp3) is 0.429. The number of fused-ring (bicyclic) bond motifs is 3. The number of nitrogens with zero attached hydrogens (tertiary/aromatic N) is 2. The zero-order valence-electron chi connectivity index (χ0n) is 15.6. The maximum Gasteiger partial charge on any atom is 0.264 e. The Morgan fingerprint density at radius 1 is 1.12 bits per heavy atom. The van der Waals surface area contributed by atoms with Gasteiger partial charge in [0.1, 0.15) is 4.83 Å². The molecule has 0 fully saturated rings. The van der Waals surface area contributed by atoms with Crippen molar-refractivity contribution in [3.63, 3.8) is 0 Å². The first-order chi connectivity index (χ1) is 12.6. The van der Waals surface area contributed by atoms with Crippen molar-refractivity contribution < 1.29 is 0 Å². The molecule has 2 aromatic heterocycles. The van der Waals surface area contributed by atoms with Crippen LogP contribution in [0.15, 0.2) is 35.1 Å². The molecule has 0 spiro atoms. The molecule has 0 aliphatic heterocycles. The van der Waals surface area contributed by atoms with Crippen LogP contribution in [0.4, 0.5) is 5.95 Å². The predicted octanol–water partition coefficient (Wildman–Crippen LogP) is 5.09. The number of hydrogen-bond donors (Lipinski definition) is 1. The Morgan fingerprint density at radius 2 is 1.85 bits per heavy atom. The van der Waals surface area contributed by atoms with Crippen molar-refractivity contribution >= 4 is 27.5 Å². The maximum atomic E-state index is 13.3. The highest BCUT2D eigenvalue weighted by Crippen LogP contribution is 2.35. The molecule has 1 aliphatic rings. The van der Waals surface area contributed by atoms with Crippen LogP contribution in [0.1, 0.15) is 61.7 Å². The molecule has 1 unspecified atom stereocenters. The zero-order chi connectivity index (χ0) is 18.3. The minimum atomic E-state index is 0.0593. The molecular weight excluding hydrogens is 342 g/mol. The number of aryl methyl sites for hydroxylation is 2. The Labute approximate surface area is 157 Å². The number of thiophene rings is 1. The second-order valence-electron chi connectivity index (χ2n) is 7.37. The summed E-state index contributed by atoms with van der Waals surface area (Å²) in [5.41, 5.74) is 2.54. The van der Waals surface area contributed by atoms with Gasteiger partial charge in [0.15, 0.2) is 0 Å². The highest BCUT2D eigenvalue weighted by atomic mass is 32.1. The maximum absolute atomic E-state index is 13.3. The minimum absolute atomic E-state index is 0.0593. The van der Waals surface area contributed by atoms with E-state index in [1.165, 1.54) is 28.8 Å². The molecule has 5 heteroatoms. The summed E-state index contributed by atoms with van der Waals surface area (Å²) in [7, 11) is 0. The van der Waals surface area contributed by atoms with Crippen LogP contribution in [-0.4, -0.2) is 9.55 Å². The van der Waals surface area contributed by atoms with Crippen molar-refractivity contribution in [3.8, 4) is 0 Å². The summed E-state index contributed by atoms with van der Waals surface area (Å²) in [5.74, 6) is 0.674. The zero-order valence-corrected chi connectivity index (χ0v) is 16.4. The predicted molar refractivity (Wildman–Crippen MR) is 109 cm³/mol. The highest BCUT2D eigenvalue weighted by Gasteiger charge is 2.23. The Hall–Kier alpha value is -2.14. The standard InChI is InChI=1S/C21H25N3OS/c1-13(2)24-20(25)18-16-11-7-8-12-17(16)26-19(18)23-21(24)22-14(3)15-9-5-4-6-10-15/h4-6,9-10,13-14H,7-8,11-12H2,1-3H3,(H,22,23). The van der Waals surface area contributed by atoms with Gasteiger partial charge >= 0.3 is 0 Å². The van der Waals surface area contributed by atoms with E-state index in [4.69, 9.17) is 4.98 Å². The van der Waals surface area contributed by atoms with Crippen molar-refractivity contribution in [3.05, 3.63) is 56.7 Å². The second-order valence-corrected chi connectivity index (χ2v) is 8.46. The van der Waals surface area contributed by atoms with E-state index in [0.717, 1.165) is 23.1 Å². The van der Waals surface area contributed by atoms with Crippen LogP contribution in [0.3, 0.4) is 0 Å². The van der Waals surface area contributed by atoms with E-state index in [1.54, 1.807) is 11.3 Å². The molecule has 4 nitrogen and oxygen atoms in total. The van der Waals surface area contributed by atoms with Crippen LogP contribution in [-0.2, 0) is 12.8 Å². The van der Waals surface area contributed by atoms with Gasteiger partial charge in [-0.15, -0.1) is 11.3 Å². The van der Waals surface area contributed by atoms with Gasteiger partial charge in [0.25, 0.3) is 5.56 Å². The summed E-state index contributed by atoms with van der Waals surface area (Å²) in [6.45, 7) is 6.20. The summed E-state index contributed by atoms with van der Waals surface area (Å²) in [6.07, 6.45) is 4.48. The van der Waals surface area contributed by atoms with Crippen LogP contribution >= 0.6 is 11.3 Å². The summed E-state index contributed by atoms with van der Waals surface area (Å²) in [4.78, 5) is 20.5. The Morgan fingerprint density at radius 3 is 2.58 bits per heavy atom. The fourth-order valence-corrected chi connectivity index (χ4v) is 5.07. The molecule has 0 radical (unpaired) electrons. The topological polar surface area (TPSA) is 46.9 Å². The molecule has 0 bridgehead atoms. The van der Waals surface area contributed by atoms with Crippen LogP contribution in [0.2, 0.25) is 0 Å². The molecule has 3 aromatic rings. The largest absolute Gasteiger partial charge is 0.349 e. The number of nitrogens with one attached hydrogen (secondary N) is 1. The van der Waals surface area contributed by atoms with Gasteiger partial charge in [0, 0.05) is 10.9 Å². The number of anilines is 1. The number of aromatic nitrogens is 2. The van der Waals surface area contributed by atoms with Gasteiger partial charge in [-0.1, -0.05) is 30.3 Å². The van der Waals surface area contributed by atoms with Crippen molar-refractivity contribution in [2.45, 2.75) is 58.5 Å². The molecule has 1 aliphatic carbocycles. The average molecular weight is 368 g/mol. The molecular formula is C21H25N3OS. The summed E-state index contributed by atoms with van der Waals surface area (Å²) in [5, 5.41) is 4.34. The molecule has 26 heavy (non-hydrogen) atoms. The first kappa shape index (κ1) is 17.3. The van der Waals surface area contributed by atoms with E-state index in [1.807, 2.05) is 36.6 Å². The third kappa shape index (κ3) is 2.94. The quantitative estimate of drug-likeness (QED) is 0.698. The highest BCUT2D eigenvalue weighted by molar-refractivity contribution is 7.18. The van der Waals surface area contributed by atoms with Gasteiger partial charge in [0.05, 0.1) is 11.4 Å². The second kappa shape index (κ2) is 6.88. The third-order valence-corrected chi connectivity index (χ3v) is 6.37. The molecule has 1 N–H and O–H groups in total. The molecule has 4 rings (SSSR count). The lowest BCUT2D eigenvalue weighted by Gasteiger charge is -2.21. The first-order valence-corrected chi connectivity index (χ1v) is 10.3. The van der Waals surface area contributed by atoms with E-state index >= 15 is 0 Å². The lowest BCUT2D eigenvalue weighted by molar-refractivity contribution is 0.575. The van der Waals surface area contributed by atoms with Crippen LogP contribution < -0.4 is 10.9 Å². The van der Waals surface area contributed by atoms with Gasteiger partial charge < -0.3 is 5.32 Å². The number of rotatable bonds is 4. The molecule has 0 saturated heterocycles. The average Bonchev–Trinajstić information content (AvgIpc) is 3.00. The van der Waals surface area contributed by atoms with E-state index < -0.39 is 0 Å². The van der Waals surface area contributed by atoms with Gasteiger partial charge in [0.2, 0.25) is 5.95 Å². The molecule has 0 saturated carbocycles. The van der Waals surface area contributed by atoms with E-state index in [2.05, 4.69) is 24.4 Å². The Kier molecular flexibility index (Phi) is 4.57. The Bertz CT molecular complexity index is 988. The molecule has 1 aromatic carbocycles. The lowest BCUT2D eigenvalue weighted by Crippen LogP contribution is -2.27. The van der Waals surface area contributed by atoms with Gasteiger partial charge in [-0.05, 0) is 57.6 Å². The lowest BCUT2D eigenvalue weighted by atomic mass is 9.97.